The van der Waals surface area contributed by atoms with Crippen LogP contribution in [0.4, 0.5) is 25.0 Å². The SMILES string of the molecule is CC(=O)CC1(O)CN(C(=O)NCCCc2ccc3c(n2)CCCC3)C1.CC(=O)NC(C(C)=O)C1(O)CN(C(=O)CCCCc2ccc3c(n2)NCCC3)C1.CC(=O)N[C@H](C(=O)O)C1(O)CCN(C(=O)N2CCC(c3ccc4c(n3)CCCC4)CC2)CC1.O=C(O)CC1(O)CN(C(=O)N2CCC(Cc3ccc4c(n3)CCCC4)CC2)C1.O=C(O)CC1(O)CN(C(=O)N2CCC(c3ccc4c(n3)CCCC4)CC2)C1. The number of aromatic nitrogens is 5. The number of pyridine rings is 5. The fraction of sp³-hybridized carbons (Fsp3) is 0.648. The zero-order valence-corrected chi connectivity index (χ0v) is 83.1. The number of aryl methyl sites for hydroxylation is 11. The fourth-order valence-corrected chi connectivity index (χ4v) is 22.5. The average molecular weight is 1970 g/mol. The van der Waals surface area contributed by atoms with Gasteiger partial charge in [0.05, 0.1) is 70.8 Å². The number of urea groups is 4. The van der Waals surface area contributed by atoms with Gasteiger partial charge in [-0.25, -0.2) is 29.0 Å². The number of nitrogens with zero attached hydrogens (tertiary/aromatic N) is 13. The third kappa shape index (κ3) is 28.4. The number of aliphatic carboxylic acids is 3. The maximum absolute atomic E-state index is 13.0. The number of carboxylic acid groups (broad SMARTS) is 3. The highest BCUT2D eigenvalue weighted by molar-refractivity contribution is 5.89. The number of carboxylic acids is 3. The smallest absolute Gasteiger partial charge is 0.329 e. The Morgan fingerprint density at radius 2 is 0.789 bits per heavy atom. The van der Waals surface area contributed by atoms with Gasteiger partial charge in [-0.2, -0.15) is 0 Å². The number of unbranched alkanes of at least 4 members (excludes halogenated alkanes) is 1. The van der Waals surface area contributed by atoms with Crippen molar-refractivity contribution in [2.45, 2.75) is 311 Å². The lowest BCUT2D eigenvalue weighted by Gasteiger charge is -2.49. The van der Waals surface area contributed by atoms with Gasteiger partial charge in [-0.3, -0.25) is 53.5 Å². The molecule has 8 fully saturated rings. The van der Waals surface area contributed by atoms with Crippen LogP contribution in [0.15, 0.2) is 60.7 Å². The molecule has 0 saturated carbocycles. The molecule has 9 aliphatic heterocycles. The molecule has 4 aliphatic carbocycles. The lowest BCUT2D eigenvalue weighted by molar-refractivity contribution is -0.166. The molecule has 5 aromatic heterocycles. The third-order valence-corrected chi connectivity index (χ3v) is 30.4. The van der Waals surface area contributed by atoms with Crippen molar-refractivity contribution in [2.24, 2.45) is 5.92 Å². The molecule has 12 N–H and O–H groups in total. The number of rotatable bonds is 25. The molecule has 142 heavy (non-hydrogen) atoms. The van der Waals surface area contributed by atoms with Gasteiger partial charge in [0.25, 0.3) is 0 Å². The number of ketones is 2. The standard InChI is InChI=1S/C24H34N4O5.C21H30N4O4.C21H29N3O4.C20H27N3O4.C19H27N3O3/c1-16(29)25-21(22(30)31)24(33)10-14-28(15-11-24)23(32)27-12-8-18(9-13-27)20-7-6-17-4-2-3-5-19(17)26-20;1-14(26)19(23-15(2)27)21(29)12-25(13-21)18(28)8-4-3-7-17-10-9-16-6-5-11-22-20(16)24-17;25-19(26)12-21(28)13-24(14-21)20(27)23-9-7-15(8-10-23)11-17-6-5-16-3-1-2-4-18(16)22-17;24-18(25)11-20(27)12-23(13-20)19(26)22-9-7-15(8-10-22)17-6-5-14-3-1-2-4-16(14)21-17;1-14(23)11-19(25)12-22(13-19)18(24)20-10-4-6-16-9-8-15-5-2-3-7-17(15)21-16/h6-7,18,21,33H,2-5,8-15H2,1H3,(H,25,29)(H,30,31);9-10,19,29H,3-8,11-13H2,1-2H3,(H,22,24)(H,23,27);5-6,15,28H,1-4,7-14H2,(H,25,26);5-6,15,27H,1-4,7-13H2,(H,24,25);8-9,25H,2-7,10-13H2,1H3,(H,20,24)/t21-;;;;/m1..../s1. The summed E-state index contributed by atoms with van der Waals surface area (Å²) in [6, 6.07) is 18.9. The lowest BCUT2D eigenvalue weighted by atomic mass is 9.83. The van der Waals surface area contributed by atoms with E-state index in [2.05, 4.69) is 86.9 Å². The summed E-state index contributed by atoms with van der Waals surface area (Å²) in [4.78, 5) is 179. The number of aliphatic hydroxyl groups is 5. The number of nitrogens with one attached hydrogen (secondary N) is 4. The normalized spacial score (nSPS) is 20.5. The van der Waals surface area contributed by atoms with Gasteiger partial charge in [0.2, 0.25) is 17.7 Å². The topological polar surface area (TPSA) is 505 Å². The first-order chi connectivity index (χ1) is 67.8. The Bertz CT molecular complexity index is 5330. The predicted molar refractivity (Wildman–Crippen MR) is 525 cm³/mol. The molecular weight excluding hydrogens is 1820 g/mol. The molecular formula is C105H147N17O20. The maximum Gasteiger partial charge on any atom is 0.329 e. The highest BCUT2D eigenvalue weighted by Crippen LogP contribution is 2.38. The van der Waals surface area contributed by atoms with Gasteiger partial charge < -0.3 is 101 Å². The molecule has 14 heterocycles. The fourth-order valence-electron chi connectivity index (χ4n) is 22.5. The molecule has 37 nitrogen and oxygen atoms in total. The molecule has 5 aromatic rings. The minimum Gasteiger partial charge on any atom is -0.481 e. The second kappa shape index (κ2) is 47.9. The van der Waals surface area contributed by atoms with E-state index in [1.54, 1.807) is 24.5 Å². The van der Waals surface area contributed by atoms with Crippen molar-refractivity contribution in [3.63, 3.8) is 0 Å². The van der Waals surface area contributed by atoms with Gasteiger partial charge in [-0.1, -0.05) is 30.3 Å². The summed E-state index contributed by atoms with van der Waals surface area (Å²) in [5, 5.41) is 89.8. The maximum atomic E-state index is 13.0. The minimum atomic E-state index is -1.57. The summed E-state index contributed by atoms with van der Waals surface area (Å²) in [7, 11) is 0. The van der Waals surface area contributed by atoms with E-state index in [4.69, 9.17) is 30.1 Å². The lowest BCUT2D eigenvalue weighted by Crippen LogP contribution is -2.73. The van der Waals surface area contributed by atoms with Crippen LogP contribution < -0.4 is 21.3 Å². The number of anilines is 1. The van der Waals surface area contributed by atoms with Crippen molar-refractivity contribution < 1.29 is 98.4 Å². The Balaban J connectivity index is 0.000000141. The molecule has 772 valence electrons. The number of piperidine rings is 4. The van der Waals surface area contributed by atoms with Crippen LogP contribution in [0.2, 0.25) is 0 Å². The van der Waals surface area contributed by atoms with E-state index in [0.717, 1.165) is 176 Å². The zero-order valence-electron chi connectivity index (χ0n) is 83.1. The molecule has 8 saturated heterocycles. The van der Waals surface area contributed by atoms with E-state index >= 15 is 0 Å². The molecule has 37 heteroatoms. The average Bonchev–Trinajstić information content (AvgIpc) is 0.756. The van der Waals surface area contributed by atoms with Crippen molar-refractivity contribution >= 4 is 77.1 Å². The van der Waals surface area contributed by atoms with Crippen molar-refractivity contribution in [3.8, 4) is 0 Å². The Kier molecular flexibility index (Phi) is 35.9. The molecule has 11 amide bonds. The third-order valence-electron chi connectivity index (χ3n) is 30.4. The van der Waals surface area contributed by atoms with Crippen LogP contribution >= 0.6 is 0 Å². The van der Waals surface area contributed by atoms with Crippen LogP contribution in [0.1, 0.15) is 273 Å². The van der Waals surface area contributed by atoms with Crippen LogP contribution in [0, 0.1) is 5.92 Å². The van der Waals surface area contributed by atoms with Crippen LogP contribution in [-0.4, -0.2) is 334 Å². The van der Waals surface area contributed by atoms with E-state index in [0.29, 0.717) is 70.0 Å². The van der Waals surface area contributed by atoms with Crippen LogP contribution in [0.5, 0.6) is 0 Å². The molecule has 2 atom stereocenters. The van der Waals surface area contributed by atoms with Crippen LogP contribution in [0.25, 0.3) is 0 Å². The summed E-state index contributed by atoms with van der Waals surface area (Å²) in [6.07, 6.45) is 31.6. The highest BCUT2D eigenvalue weighted by Gasteiger charge is 2.53. The first-order valence-corrected chi connectivity index (χ1v) is 51.8. The van der Waals surface area contributed by atoms with Crippen molar-refractivity contribution in [3.05, 3.63) is 140 Å². The monoisotopic (exact) mass is 1970 g/mol. The van der Waals surface area contributed by atoms with E-state index in [-0.39, 0.29) is 145 Å². The number of Topliss-reactive ketones (excluding diaryl/α,β-unsaturated/α-hetero) is 2. The van der Waals surface area contributed by atoms with Gasteiger partial charge in [0.1, 0.15) is 40.0 Å². The number of carbonyl (C=O) groups excluding carboxylic acids is 9. The molecule has 0 aromatic carbocycles. The largest absolute Gasteiger partial charge is 0.481 e. The quantitative estimate of drug-likeness (QED) is 0.0248. The van der Waals surface area contributed by atoms with Crippen molar-refractivity contribution in [2.75, 3.05) is 123 Å². The molecule has 0 bridgehead atoms. The number of hydrogen-bond donors (Lipinski definition) is 12. The van der Waals surface area contributed by atoms with Gasteiger partial charge in [0, 0.05) is 155 Å². The highest BCUT2D eigenvalue weighted by atomic mass is 16.4. The summed E-state index contributed by atoms with van der Waals surface area (Å²) >= 11 is 0. The van der Waals surface area contributed by atoms with E-state index in [1.807, 2.05) is 14.7 Å². The predicted octanol–water partition coefficient (Wildman–Crippen LogP) is 7.76. The molecule has 18 rings (SSSR count). The number of β-amino-alcohol motifs (C(OH)–C–C–N with tert-alkyl or cyclic N) is 4. The minimum absolute atomic E-state index is 0.0418. The molecule has 0 radical (unpaired) electrons. The summed E-state index contributed by atoms with van der Waals surface area (Å²) in [6.45, 7) is 12.5. The van der Waals surface area contributed by atoms with Gasteiger partial charge in [0.15, 0.2) is 11.8 Å². The van der Waals surface area contributed by atoms with Gasteiger partial charge >= 0.3 is 42.0 Å². The Hall–Kier alpha value is -11.4. The first-order valence-electron chi connectivity index (χ1n) is 51.8. The summed E-state index contributed by atoms with van der Waals surface area (Å²) in [5.41, 5.74) is 10.9. The molecule has 1 unspecified atom stereocenters. The Labute approximate surface area is 830 Å². The van der Waals surface area contributed by atoms with Crippen LogP contribution in [-0.2, 0) is 115 Å². The van der Waals surface area contributed by atoms with E-state index in [9.17, 15) is 88.2 Å². The van der Waals surface area contributed by atoms with E-state index < -0.39 is 63.9 Å². The summed E-state index contributed by atoms with van der Waals surface area (Å²) in [5.74, 6) is -2.37. The number of fused-ring (bicyclic) bond motifs is 5. The number of carbonyl (C=O) groups is 12. The van der Waals surface area contributed by atoms with E-state index in [1.165, 1.54) is 135 Å². The number of hydrogen-bond acceptors (Lipinski definition) is 23. The number of likely N-dealkylation sites (tertiary alicyclic amines) is 8. The Morgan fingerprint density at radius 3 is 1.25 bits per heavy atom. The Morgan fingerprint density at radius 1 is 0.394 bits per heavy atom. The second-order valence-corrected chi connectivity index (χ2v) is 42.1. The van der Waals surface area contributed by atoms with Crippen molar-refractivity contribution in [1.29, 1.82) is 0 Å². The molecule has 0 spiro atoms. The first kappa shape index (κ1) is 106. The van der Waals surface area contributed by atoms with Gasteiger partial charge in [-0.15, -0.1) is 0 Å². The van der Waals surface area contributed by atoms with Crippen LogP contribution in [0.3, 0.4) is 0 Å². The molecule has 13 aliphatic rings. The van der Waals surface area contributed by atoms with Gasteiger partial charge in [-0.05, 0) is 283 Å². The van der Waals surface area contributed by atoms with Crippen molar-refractivity contribution in [1.82, 2.24) is 80.1 Å². The summed E-state index contributed by atoms with van der Waals surface area (Å²) < 4.78 is 0. The zero-order chi connectivity index (χ0) is 101. The number of amides is 11. The second-order valence-electron chi connectivity index (χ2n) is 42.1.